The second-order valence-corrected chi connectivity index (χ2v) is 4.87. The topological polar surface area (TPSA) is 42.4 Å². The molecule has 0 aliphatic rings. The summed E-state index contributed by atoms with van der Waals surface area (Å²) in [6.07, 6.45) is 2.15. The Hall–Kier alpha value is -1.10. The summed E-state index contributed by atoms with van der Waals surface area (Å²) in [5.74, 6) is -0.292. The van der Waals surface area contributed by atoms with E-state index in [1.54, 1.807) is 0 Å². The van der Waals surface area contributed by atoms with Crippen molar-refractivity contribution in [3.8, 4) is 0 Å². The Labute approximate surface area is 107 Å². The molecule has 4 nitrogen and oxygen atoms in total. The Kier molecular flexibility index (Phi) is 5.41. The lowest BCUT2D eigenvalue weighted by Gasteiger charge is -2.19. The van der Waals surface area contributed by atoms with Crippen molar-refractivity contribution in [3.05, 3.63) is 10.6 Å². The van der Waals surface area contributed by atoms with Crippen LogP contribution in [-0.4, -0.2) is 31.2 Å². The smallest absolute Gasteiger partial charge is 0.350 e. The molecule has 1 heterocycles. The fraction of sp³-hybridized carbons (Fsp3) is 0.667. The quantitative estimate of drug-likeness (QED) is 0.734. The van der Waals surface area contributed by atoms with Crippen LogP contribution in [0.1, 0.15) is 42.1 Å². The van der Waals surface area contributed by atoms with Crippen LogP contribution >= 0.6 is 11.3 Å². The average Bonchev–Trinajstić information content (AvgIpc) is 2.70. The number of aromatic nitrogens is 1. The summed E-state index contributed by atoms with van der Waals surface area (Å²) in [7, 11) is 1.40. The van der Waals surface area contributed by atoms with E-state index in [1.165, 1.54) is 18.4 Å². The van der Waals surface area contributed by atoms with Crippen molar-refractivity contribution in [3.63, 3.8) is 0 Å². The van der Waals surface area contributed by atoms with Gasteiger partial charge in [0.1, 0.15) is 4.88 Å². The van der Waals surface area contributed by atoms with Gasteiger partial charge in [-0.05, 0) is 19.8 Å². The SMILES string of the molecule is CCCN(CCC)c1nc(C)c(C(=O)OC)s1. The van der Waals surface area contributed by atoms with Gasteiger partial charge in [-0.2, -0.15) is 0 Å². The number of hydrogen-bond acceptors (Lipinski definition) is 5. The Balaban J connectivity index is 2.93. The predicted molar refractivity (Wildman–Crippen MR) is 71.0 cm³/mol. The van der Waals surface area contributed by atoms with Crippen LogP contribution in [-0.2, 0) is 4.74 Å². The minimum atomic E-state index is -0.292. The molecule has 0 fully saturated rings. The largest absolute Gasteiger partial charge is 0.465 e. The molecule has 1 aromatic heterocycles. The second-order valence-electron chi connectivity index (χ2n) is 3.89. The molecule has 0 saturated heterocycles. The first kappa shape index (κ1) is 14.0. The van der Waals surface area contributed by atoms with Crippen LogP contribution in [0.25, 0.3) is 0 Å². The molecule has 0 unspecified atom stereocenters. The molecular weight excluding hydrogens is 236 g/mol. The molecule has 0 atom stereocenters. The summed E-state index contributed by atoms with van der Waals surface area (Å²) in [6.45, 7) is 8.08. The third-order valence-electron chi connectivity index (χ3n) is 2.41. The molecule has 1 aromatic rings. The first-order valence-corrected chi connectivity index (χ1v) is 6.76. The van der Waals surface area contributed by atoms with Gasteiger partial charge in [0.05, 0.1) is 12.8 Å². The fourth-order valence-corrected chi connectivity index (χ4v) is 2.68. The Morgan fingerprint density at radius 2 is 1.94 bits per heavy atom. The first-order chi connectivity index (χ1) is 8.13. The third-order valence-corrected chi connectivity index (χ3v) is 3.61. The van der Waals surface area contributed by atoms with E-state index in [2.05, 4.69) is 23.7 Å². The first-order valence-electron chi connectivity index (χ1n) is 5.94. The van der Waals surface area contributed by atoms with Gasteiger partial charge in [-0.1, -0.05) is 25.2 Å². The summed E-state index contributed by atoms with van der Waals surface area (Å²) in [6, 6.07) is 0. The summed E-state index contributed by atoms with van der Waals surface area (Å²) in [5.41, 5.74) is 0.758. The van der Waals surface area contributed by atoms with Gasteiger partial charge in [0.2, 0.25) is 0 Å². The molecule has 0 aromatic carbocycles. The maximum atomic E-state index is 11.5. The van der Waals surface area contributed by atoms with E-state index in [0.29, 0.717) is 4.88 Å². The average molecular weight is 256 g/mol. The van der Waals surface area contributed by atoms with E-state index in [0.717, 1.165) is 36.8 Å². The standard InChI is InChI=1S/C12H20N2O2S/c1-5-7-14(8-6-2)12-13-9(3)10(17-12)11(15)16-4/h5-8H2,1-4H3. The van der Waals surface area contributed by atoms with Crippen molar-refractivity contribution in [1.29, 1.82) is 0 Å². The Morgan fingerprint density at radius 1 is 1.35 bits per heavy atom. The summed E-state index contributed by atoms with van der Waals surface area (Å²) in [4.78, 5) is 18.8. The van der Waals surface area contributed by atoms with Crippen molar-refractivity contribution in [2.24, 2.45) is 0 Å². The molecule has 0 bridgehead atoms. The Morgan fingerprint density at radius 3 is 2.41 bits per heavy atom. The van der Waals surface area contributed by atoms with Gasteiger partial charge in [0.15, 0.2) is 5.13 Å². The molecule has 0 radical (unpaired) electrons. The molecule has 96 valence electrons. The van der Waals surface area contributed by atoms with Crippen LogP contribution in [0.4, 0.5) is 5.13 Å². The highest BCUT2D eigenvalue weighted by atomic mass is 32.1. The monoisotopic (exact) mass is 256 g/mol. The fourth-order valence-electron chi connectivity index (χ4n) is 1.64. The number of carbonyl (C=O) groups excluding carboxylic acids is 1. The maximum Gasteiger partial charge on any atom is 0.350 e. The van der Waals surface area contributed by atoms with E-state index >= 15 is 0 Å². The van der Waals surface area contributed by atoms with Gasteiger partial charge >= 0.3 is 5.97 Å². The third kappa shape index (κ3) is 3.43. The molecule has 0 aliphatic carbocycles. The van der Waals surface area contributed by atoms with Crippen LogP contribution in [0.5, 0.6) is 0 Å². The van der Waals surface area contributed by atoms with Gasteiger partial charge in [0, 0.05) is 13.1 Å². The highest BCUT2D eigenvalue weighted by Gasteiger charge is 2.18. The summed E-state index contributed by atoms with van der Waals surface area (Å²) in [5, 5.41) is 0.923. The van der Waals surface area contributed by atoms with Crippen molar-refractivity contribution < 1.29 is 9.53 Å². The van der Waals surface area contributed by atoms with E-state index in [-0.39, 0.29) is 5.97 Å². The van der Waals surface area contributed by atoms with E-state index in [1.807, 2.05) is 6.92 Å². The van der Waals surface area contributed by atoms with E-state index in [9.17, 15) is 4.79 Å². The van der Waals surface area contributed by atoms with Gasteiger partial charge in [-0.15, -0.1) is 0 Å². The van der Waals surface area contributed by atoms with Gasteiger partial charge in [0.25, 0.3) is 0 Å². The molecular formula is C12H20N2O2S. The van der Waals surface area contributed by atoms with Crippen molar-refractivity contribution >= 4 is 22.4 Å². The van der Waals surface area contributed by atoms with Crippen LogP contribution < -0.4 is 4.90 Å². The van der Waals surface area contributed by atoms with Crippen LogP contribution in [0.2, 0.25) is 0 Å². The van der Waals surface area contributed by atoms with E-state index < -0.39 is 0 Å². The zero-order valence-corrected chi connectivity index (χ0v) is 11.8. The number of aryl methyl sites for hydroxylation is 1. The number of anilines is 1. The lowest BCUT2D eigenvalue weighted by Crippen LogP contribution is -2.24. The molecule has 17 heavy (non-hydrogen) atoms. The number of carbonyl (C=O) groups is 1. The molecule has 0 aliphatic heterocycles. The number of hydrogen-bond donors (Lipinski definition) is 0. The minimum Gasteiger partial charge on any atom is -0.465 e. The minimum absolute atomic E-state index is 0.292. The highest BCUT2D eigenvalue weighted by molar-refractivity contribution is 7.17. The molecule has 0 saturated carbocycles. The molecule has 0 N–H and O–H groups in total. The van der Waals surface area contributed by atoms with Crippen molar-refractivity contribution in [1.82, 2.24) is 4.98 Å². The van der Waals surface area contributed by atoms with Crippen LogP contribution in [0.3, 0.4) is 0 Å². The number of nitrogens with zero attached hydrogens (tertiary/aromatic N) is 2. The van der Waals surface area contributed by atoms with Gasteiger partial charge in [-0.25, -0.2) is 9.78 Å². The number of thiazole rings is 1. The van der Waals surface area contributed by atoms with Crippen molar-refractivity contribution in [2.75, 3.05) is 25.1 Å². The lowest BCUT2D eigenvalue weighted by molar-refractivity contribution is 0.0605. The normalized spacial score (nSPS) is 10.4. The van der Waals surface area contributed by atoms with Gasteiger partial charge < -0.3 is 9.64 Å². The number of esters is 1. The highest BCUT2D eigenvalue weighted by Crippen LogP contribution is 2.26. The second kappa shape index (κ2) is 6.59. The van der Waals surface area contributed by atoms with Crippen molar-refractivity contribution in [2.45, 2.75) is 33.6 Å². The lowest BCUT2D eigenvalue weighted by atomic mass is 10.4. The summed E-state index contributed by atoms with van der Waals surface area (Å²) < 4.78 is 4.74. The molecule has 0 amide bonds. The molecule has 5 heteroatoms. The predicted octanol–water partition coefficient (Wildman–Crippen LogP) is 2.86. The zero-order chi connectivity index (χ0) is 12.8. The number of rotatable bonds is 6. The van der Waals surface area contributed by atoms with Crippen LogP contribution in [0, 0.1) is 6.92 Å². The van der Waals surface area contributed by atoms with E-state index in [4.69, 9.17) is 4.74 Å². The molecule has 1 rings (SSSR count). The maximum absolute atomic E-state index is 11.5. The Bertz CT molecular complexity index is 371. The van der Waals surface area contributed by atoms with Gasteiger partial charge in [-0.3, -0.25) is 0 Å². The molecule has 0 spiro atoms. The zero-order valence-electron chi connectivity index (χ0n) is 10.9. The van der Waals surface area contributed by atoms with Crippen LogP contribution in [0.15, 0.2) is 0 Å². The number of ether oxygens (including phenoxy) is 1. The summed E-state index contributed by atoms with van der Waals surface area (Å²) >= 11 is 1.42. The number of methoxy groups -OCH3 is 1.